The Labute approximate surface area is 142 Å². The maximum Gasteiger partial charge on any atom is 0.214 e. The van der Waals surface area contributed by atoms with Crippen molar-refractivity contribution in [3.8, 4) is 0 Å². The molecular weight excluding hydrogens is 383 g/mol. The molecule has 0 atom stereocenters. The molecule has 0 saturated carbocycles. The molecule has 9 heteroatoms. The van der Waals surface area contributed by atoms with Crippen LogP contribution in [-0.2, 0) is 0 Å². The molecule has 2 N–H and O–H groups in total. The highest BCUT2D eigenvalue weighted by molar-refractivity contribution is 14.0. The normalized spacial score (nSPS) is 18.4. The number of hydrogen-bond acceptors (Lipinski definition) is 8. The minimum Gasteiger partial charge on any atom is -0.355 e. The number of rotatable bonds is 3. The summed E-state index contributed by atoms with van der Waals surface area (Å²) >= 11 is 0. The van der Waals surface area contributed by atoms with Gasteiger partial charge in [0.2, 0.25) is 11.9 Å². The Morgan fingerprint density at radius 3 is 1.67 bits per heavy atom. The molecule has 118 valence electrons. The zero-order valence-corrected chi connectivity index (χ0v) is 14.8. The van der Waals surface area contributed by atoms with Crippen molar-refractivity contribution >= 4 is 48.3 Å². The predicted octanol–water partition coefficient (Wildman–Crippen LogP) is 0.138. The fourth-order valence-corrected chi connectivity index (χ4v) is 1.84. The standard InChI is InChI=1S/C12H22N8.HI/c1-19(11-13-5-3-6-14-11)17-9-10-18-20(2)12-15-7-4-8-16-12;/h9-10H,3-8H2,1-2H3,(H,13,14)(H,15,16);1H/b17-9+,18-10+;. The van der Waals surface area contributed by atoms with Gasteiger partial charge in [-0.15, -0.1) is 24.0 Å². The molecule has 0 radical (unpaired) electrons. The lowest BCUT2D eigenvalue weighted by Crippen LogP contribution is -2.39. The van der Waals surface area contributed by atoms with Gasteiger partial charge in [0, 0.05) is 40.3 Å². The van der Waals surface area contributed by atoms with E-state index in [9.17, 15) is 0 Å². The van der Waals surface area contributed by atoms with Gasteiger partial charge in [-0.05, 0) is 12.8 Å². The Kier molecular flexibility index (Phi) is 8.01. The van der Waals surface area contributed by atoms with Gasteiger partial charge in [-0.3, -0.25) is 9.98 Å². The predicted molar refractivity (Wildman–Crippen MR) is 97.8 cm³/mol. The van der Waals surface area contributed by atoms with Gasteiger partial charge in [0.15, 0.2) is 0 Å². The minimum absolute atomic E-state index is 0. The fraction of sp³-hybridized carbons (Fsp3) is 0.667. The second-order valence-corrected chi connectivity index (χ2v) is 4.55. The smallest absolute Gasteiger partial charge is 0.214 e. The van der Waals surface area contributed by atoms with E-state index in [4.69, 9.17) is 0 Å². The number of hydrazone groups is 2. The lowest BCUT2D eigenvalue weighted by Gasteiger charge is -2.20. The van der Waals surface area contributed by atoms with E-state index >= 15 is 0 Å². The Morgan fingerprint density at radius 2 is 1.33 bits per heavy atom. The minimum atomic E-state index is 0. The highest BCUT2D eigenvalue weighted by atomic mass is 127. The third-order valence-electron chi connectivity index (χ3n) is 2.92. The van der Waals surface area contributed by atoms with Gasteiger partial charge in [-0.25, -0.2) is 10.0 Å². The van der Waals surface area contributed by atoms with E-state index in [1.807, 2.05) is 14.1 Å². The Bertz CT molecular complexity index is 391. The molecule has 0 spiro atoms. The van der Waals surface area contributed by atoms with Crippen molar-refractivity contribution in [3.63, 3.8) is 0 Å². The van der Waals surface area contributed by atoms with E-state index in [1.54, 1.807) is 22.4 Å². The van der Waals surface area contributed by atoms with E-state index < -0.39 is 0 Å². The molecule has 8 nitrogen and oxygen atoms in total. The van der Waals surface area contributed by atoms with Crippen LogP contribution in [0, 0.1) is 0 Å². The SMILES string of the molecule is CN(/N=C/C=N/N(C)C1=NCCCN1)C1=NCCCN1.I. The molecule has 2 rings (SSSR count). The van der Waals surface area contributed by atoms with Gasteiger partial charge in [0.1, 0.15) is 0 Å². The molecule has 21 heavy (non-hydrogen) atoms. The molecule has 0 aliphatic carbocycles. The van der Waals surface area contributed by atoms with Gasteiger partial charge in [0.05, 0.1) is 12.4 Å². The number of nitrogens with zero attached hydrogens (tertiary/aromatic N) is 6. The molecule has 0 amide bonds. The van der Waals surface area contributed by atoms with E-state index in [2.05, 4.69) is 30.8 Å². The summed E-state index contributed by atoms with van der Waals surface area (Å²) in [5.41, 5.74) is 0. The van der Waals surface area contributed by atoms with Crippen molar-refractivity contribution in [2.45, 2.75) is 12.8 Å². The maximum absolute atomic E-state index is 4.35. The summed E-state index contributed by atoms with van der Waals surface area (Å²) in [6.07, 6.45) is 5.42. The summed E-state index contributed by atoms with van der Waals surface area (Å²) in [7, 11) is 3.72. The first-order valence-corrected chi connectivity index (χ1v) is 6.88. The van der Waals surface area contributed by atoms with Crippen LogP contribution >= 0.6 is 24.0 Å². The van der Waals surface area contributed by atoms with Crippen LogP contribution in [0.25, 0.3) is 0 Å². The van der Waals surface area contributed by atoms with Crippen LogP contribution < -0.4 is 10.6 Å². The van der Waals surface area contributed by atoms with E-state index in [0.29, 0.717) is 0 Å². The second kappa shape index (κ2) is 9.53. The van der Waals surface area contributed by atoms with Gasteiger partial charge >= 0.3 is 0 Å². The average Bonchev–Trinajstić information content (AvgIpc) is 2.53. The molecule has 0 fully saturated rings. The fourth-order valence-electron chi connectivity index (χ4n) is 1.84. The molecule has 0 aromatic rings. The molecule has 0 unspecified atom stereocenters. The summed E-state index contributed by atoms with van der Waals surface area (Å²) in [6, 6.07) is 0. The van der Waals surface area contributed by atoms with Gasteiger partial charge in [0.25, 0.3) is 0 Å². The summed E-state index contributed by atoms with van der Waals surface area (Å²) < 4.78 is 0. The van der Waals surface area contributed by atoms with Crippen LogP contribution in [0.1, 0.15) is 12.8 Å². The van der Waals surface area contributed by atoms with Gasteiger partial charge < -0.3 is 10.6 Å². The monoisotopic (exact) mass is 406 g/mol. The van der Waals surface area contributed by atoms with Crippen molar-refractivity contribution in [2.75, 3.05) is 40.3 Å². The van der Waals surface area contributed by atoms with Crippen LogP contribution in [0.2, 0.25) is 0 Å². The first kappa shape index (κ1) is 17.7. The Balaban J connectivity index is 0.00000220. The van der Waals surface area contributed by atoms with Crippen molar-refractivity contribution in [2.24, 2.45) is 20.2 Å². The van der Waals surface area contributed by atoms with Crippen LogP contribution in [0.5, 0.6) is 0 Å². The van der Waals surface area contributed by atoms with Crippen LogP contribution in [0.4, 0.5) is 0 Å². The second-order valence-electron chi connectivity index (χ2n) is 4.55. The van der Waals surface area contributed by atoms with Crippen LogP contribution in [0.3, 0.4) is 0 Å². The average molecular weight is 406 g/mol. The van der Waals surface area contributed by atoms with Crippen LogP contribution in [-0.4, -0.2) is 74.6 Å². The summed E-state index contributed by atoms with van der Waals surface area (Å²) in [6.45, 7) is 3.59. The maximum atomic E-state index is 4.35. The summed E-state index contributed by atoms with van der Waals surface area (Å²) in [4.78, 5) is 8.70. The van der Waals surface area contributed by atoms with E-state index in [-0.39, 0.29) is 24.0 Å². The third-order valence-corrected chi connectivity index (χ3v) is 2.92. The molecule has 0 aromatic heterocycles. The highest BCUT2D eigenvalue weighted by Crippen LogP contribution is 1.95. The Hall–Kier alpha value is -1.39. The van der Waals surface area contributed by atoms with Crippen molar-refractivity contribution in [1.29, 1.82) is 0 Å². The van der Waals surface area contributed by atoms with Crippen molar-refractivity contribution in [1.82, 2.24) is 20.7 Å². The lowest BCUT2D eigenvalue weighted by molar-refractivity contribution is 0.499. The molecule has 0 saturated heterocycles. The van der Waals surface area contributed by atoms with Crippen LogP contribution in [0.15, 0.2) is 20.2 Å². The number of nitrogens with one attached hydrogen (secondary N) is 2. The zero-order valence-electron chi connectivity index (χ0n) is 12.5. The Morgan fingerprint density at radius 1 is 0.905 bits per heavy atom. The van der Waals surface area contributed by atoms with E-state index in [0.717, 1.165) is 50.9 Å². The van der Waals surface area contributed by atoms with E-state index in [1.165, 1.54) is 0 Å². The number of halogens is 1. The molecule has 2 heterocycles. The third kappa shape index (κ3) is 5.86. The molecule has 2 aliphatic rings. The van der Waals surface area contributed by atoms with Crippen molar-refractivity contribution in [3.05, 3.63) is 0 Å². The number of aliphatic imine (C=N–C) groups is 2. The molecule has 0 aromatic carbocycles. The molecule has 2 aliphatic heterocycles. The van der Waals surface area contributed by atoms with Gasteiger partial charge in [-0.1, -0.05) is 0 Å². The van der Waals surface area contributed by atoms with Crippen molar-refractivity contribution < 1.29 is 0 Å². The van der Waals surface area contributed by atoms with Gasteiger partial charge in [-0.2, -0.15) is 10.2 Å². The summed E-state index contributed by atoms with van der Waals surface area (Å²) in [5, 5.41) is 18.3. The zero-order chi connectivity index (χ0) is 14.2. The largest absolute Gasteiger partial charge is 0.355 e. The summed E-state index contributed by atoms with van der Waals surface area (Å²) in [5.74, 6) is 1.60. The lowest BCUT2D eigenvalue weighted by atomic mass is 10.4. The first-order valence-electron chi connectivity index (χ1n) is 6.88. The number of hydrogen-bond donors (Lipinski definition) is 2. The quantitative estimate of drug-likeness (QED) is 0.397. The topological polar surface area (TPSA) is 80.0 Å². The molecule has 0 bridgehead atoms. The molecular formula is C12H23IN8. The number of guanidine groups is 2. The highest BCUT2D eigenvalue weighted by Gasteiger charge is 2.08. The first-order chi connectivity index (χ1) is 9.77.